The van der Waals surface area contributed by atoms with Gasteiger partial charge >= 0.3 is 0 Å². The van der Waals surface area contributed by atoms with Crippen molar-refractivity contribution in [3.05, 3.63) is 17.5 Å². The van der Waals surface area contributed by atoms with E-state index in [4.69, 9.17) is 0 Å². The maximum Gasteiger partial charge on any atom is 0.0625 e. The van der Waals surface area contributed by atoms with Crippen molar-refractivity contribution < 1.29 is 0 Å². The smallest absolute Gasteiger partial charge is 0.0625 e. The molecule has 0 aromatic carbocycles. The van der Waals surface area contributed by atoms with Gasteiger partial charge in [-0.15, -0.1) is 0 Å². The van der Waals surface area contributed by atoms with Crippen molar-refractivity contribution in [3.63, 3.8) is 0 Å². The zero-order valence-electron chi connectivity index (χ0n) is 10.5. The molecule has 1 aromatic rings. The summed E-state index contributed by atoms with van der Waals surface area (Å²) in [6, 6.07) is 2.83. The first-order valence-electron chi connectivity index (χ1n) is 6.16. The minimum atomic E-state index is 0.604. The third-order valence-electron chi connectivity index (χ3n) is 3.23. The molecule has 4 heteroatoms. The molecule has 0 saturated carbocycles. The van der Waals surface area contributed by atoms with E-state index in [1.165, 1.54) is 11.4 Å². The highest BCUT2D eigenvalue weighted by Crippen LogP contribution is 2.09. The van der Waals surface area contributed by atoms with Crippen molar-refractivity contribution in [2.45, 2.75) is 32.9 Å². The Balaban J connectivity index is 1.99. The topological polar surface area (TPSA) is 33.1 Å². The van der Waals surface area contributed by atoms with Crippen LogP contribution in [0.25, 0.3) is 0 Å². The Morgan fingerprint density at radius 1 is 1.56 bits per heavy atom. The molecule has 2 heterocycles. The Labute approximate surface area is 97.6 Å². The lowest BCUT2D eigenvalue weighted by molar-refractivity contribution is 0.195. The van der Waals surface area contributed by atoms with Crippen LogP contribution in [0.1, 0.15) is 25.2 Å². The molecule has 1 aromatic heterocycles. The fourth-order valence-electron chi connectivity index (χ4n) is 2.28. The second-order valence-electron chi connectivity index (χ2n) is 4.69. The fraction of sp³-hybridized carbons (Fsp3) is 0.750. The van der Waals surface area contributed by atoms with E-state index >= 15 is 0 Å². The lowest BCUT2D eigenvalue weighted by Crippen LogP contribution is -2.48. The summed E-state index contributed by atoms with van der Waals surface area (Å²) in [5.74, 6) is 0. The van der Waals surface area contributed by atoms with E-state index in [0.29, 0.717) is 6.04 Å². The first-order valence-corrected chi connectivity index (χ1v) is 6.16. The van der Waals surface area contributed by atoms with Crippen molar-refractivity contribution in [1.82, 2.24) is 20.0 Å². The SMILES string of the molecule is CCc1cc(CN2CCN[C@H](C)C2)n(C)n1. The Morgan fingerprint density at radius 2 is 2.38 bits per heavy atom. The molecule has 16 heavy (non-hydrogen) atoms. The van der Waals surface area contributed by atoms with Crippen LogP contribution in [0, 0.1) is 0 Å². The van der Waals surface area contributed by atoms with Gasteiger partial charge in [-0.1, -0.05) is 6.92 Å². The summed E-state index contributed by atoms with van der Waals surface area (Å²) >= 11 is 0. The number of hydrogen-bond donors (Lipinski definition) is 1. The molecule has 1 atom stereocenters. The van der Waals surface area contributed by atoms with Crippen LogP contribution in [0.2, 0.25) is 0 Å². The predicted octanol–water partition coefficient (Wildman–Crippen LogP) is 0.776. The van der Waals surface area contributed by atoms with Gasteiger partial charge in [0.05, 0.1) is 11.4 Å². The van der Waals surface area contributed by atoms with E-state index in [9.17, 15) is 0 Å². The molecule has 1 aliphatic rings. The minimum absolute atomic E-state index is 0.604. The van der Waals surface area contributed by atoms with Crippen LogP contribution >= 0.6 is 0 Å². The van der Waals surface area contributed by atoms with Crippen molar-refractivity contribution in [1.29, 1.82) is 0 Å². The standard InChI is InChI=1S/C12H22N4/c1-4-11-7-12(15(3)14-11)9-16-6-5-13-10(2)8-16/h7,10,13H,4-6,8-9H2,1-3H3/t10-/m1/s1. The Kier molecular flexibility index (Phi) is 3.61. The first kappa shape index (κ1) is 11.6. The Bertz CT molecular complexity index is 345. The van der Waals surface area contributed by atoms with Crippen LogP contribution in [-0.2, 0) is 20.0 Å². The number of piperazine rings is 1. The zero-order valence-corrected chi connectivity index (χ0v) is 10.5. The average Bonchev–Trinajstić information content (AvgIpc) is 2.60. The quantitative estimate of drug-likeness (QED) is 0.820. The second-order valence-corrected chi connectivity index (χ2v) is 4.69. The van der Waals surface area contributed by atoms with Gasteiger partial charge in [-0.05, 0) is 19.4 Å². The molecule has 90 valence electrons. The molecule has 0 bridgehead atoms. The number of nitrogens with zero attached hydrogens (tertiary/aromatic N) is 3. The molecule has 0 radical (unpaired) electrons. The number of nitrogens with one attached hydrogen (secondary N) is 1. The van der Waals surface area contributed by atoms with E-state index in [2.05, 4.69) is 35.2 Å². The first-order chi connectivity index (χ1) is 7.69. The maximum atomic E-state index is 4.49. The summed E-state index contributed by atoms with van der Waals surface area (Å²) in [4.78, 5) is 2.50. The van der Waals surface area contributed by atoms with Gasteiger partial charge in [0.2, 0.25) is 0 Å². The molecule has 0 spiro atoms. The molecule has 1 aliphatic heterocycles. The summed E-state index contributed by atoms with van der Waals surface area (Å²) in [6.07, 6.45) is 1.02. The Hall–Kier alpha value is -0.870. The molecule has 1 N–H and O–H groups in total. The average molecular weight is 222 g/mol. The van der Waals surface area contributed by atoms with E-state index in [0.717, 1.165) is 32.6 Å². The van der Waals surface area contributed by atoms with Gasteiger partial charge in [0.25, 0.3) is 0 Å². The van der Waals surface area contributed by atoms with Crippen molar-refractivity contribution in [3.8, 4) is 0 Å². The number of rotatable bonds is 3. The maximum absolute atomic E-state index is 4.49. The van der Waals surface area contributed by atoms with E-state index in [1.807, 2.05) is 11.7 Å². The highest BCUT2D eigenvalue weighted by Gasteiger charge is 2.17. The predicted molar refractivity (Wildman–Crippen MR) is 65.3 cm³/mol. The van der Waals surface area contributed by atoms with Crippen molar-refractivity contribution >= 4 is 0 Å². The number of aromatic nitrogens is 2. The normalized spacial score (nSPS) is 22.6. The van der Waals surface area contributed by atoms with Gasteiger partial charge in [-0.2, -0.15) is 5.10 Å². The van der Waals surface area contributed by atoms with E-state index in [1.54, 1.807) is 0 Å². The largest absolute Gasteiger partial charge is 0.312 e. The summed E-state index contributed by atoms with van der Waals surface area (Å²) in [6.45, 7) is 8.78. The molecule has 1 saturated heterocycles. The zero-order chi connectivity index (χ0) is 11.5. The van der Waals surface area contributed by atoms with E-state index in [-0.39, 0.29) is 0 Å². The Morgan fingerprint density at radius 3 is 3.00 bits per heavy atom. The van der Waals surface area contributed by atoms with Crippen molar-refractivity contribution in [2.24, 2.45) is 7.05 Å². The van der Waals surface area contributed by atoms with Gasteiger partial charge < -0.3 is 5.32 Å². The van der Waals surface area contributed by atoms with Gasteiger partial charge in [-0.25, -0.2) is 0 Å². The third kappa shape index (κ3) is 2.62. The van der Waals surface area contributed by atoms with Crippen LogP contribution < -0.4 is 5.32 Å². The molecular formula is C12H22N4. The number of aryl methyl sites for hydroxylation is 2. The number of hydrogen-bond acceptors (Lipinski definition) is 3. The minimum Gasteiger partial charge on any atom is -0.312 e. The molecule has 1 fully saturated rings. The van der Waals surface area contributed by atoms with Crippen LogP contribution in [-0.4, -0.2) is 40.4 Å². The van der Waals surface area contributed by atoms with Gasteiger partial charge in [0.15, 0.2) is 0 Å². The van der Waals surface area contributed by atoms with Gasteiger partial charge in [-0.3, -0.25) is 9.58 Å². The summed E-state index contributed by atoms with van der Waals surface area (Å²) in [5, 5.41) is 7.95. The lowest BCUT2D eigenvalue weighted by atomic mass is 10.2. The fourth-order valence-corrected chi connectivity index (χ4v) is 2.28. The molecule has 2 rings (SSSR count). The monoisotopic (exact) mass is 222 g/mol. The second kappa shape index (κ2) is 4.97. The molecule has 0 aliphatic carbocycles. The third-order valence-corrected chi connectivity index (χ3v) is 3.23. The summed E-state index contributed by atoms with van der Waals surface area (Å²) in [7, 11) is 2.04. The lowest BCUT2D eigenvalue weighted by Gasteiger charge is -2.31. The highest BCUT2D eigenvalue weighted by molar-refractivity contribution is 5.10. The van der Waals surface area contributed by atoms with E-state index < -0.39 is 0 Å². The molecular weight excluding hydrogens is 200 g/mol. The van der Waals surface area contributed by atoms with Crippen LogP contribution in [0.15, 0.2) is 6.07 Å². The van der Waals surface area contributed by atoms with Crippen LogP contribution in [0.4, 0.5) is 0 Å². The molecule has 0 amide bonds. The highest BCUT2D eigenvalue weighted by atomic mass is 15.3. The van der Waals surface area contributed by atoms with Gasteiger partial charge in [0.1, 0.15) is 0 Å². The van der Waals surface area contributed by atoms with Gasteiger partial charge in [0, 0.05) is 39.3 Å². The summed E-state index contributed by atoms with van der Waals surface area (Å²) < 4.78 is 2.02. The molecule has 0 unspecified atom stereocenters. The van der Waals surface area contributed by atoms with Crippen LogP contribution in [0.5, 0.6) is 0 Å². The summed E-state index contributed by atoms with van der Waals surface area (Å²) in [5.41, 5.74) is 2.52. The molecule has 4 nitrogen and oxygen atoms in total. The van der Waals surface area contributed by atoms with Crippen molar-refractivity contribution in [2.75, 3.05) is 19.6 Å². The van der Waals surface area contributed by atoms with Crippen LogP contribution in [0.3, 0.4) is 0 Å².